The maximum Gasteiger partial charge on any atom is 0.333 e. The molecule has 12 rings (SSSR count). The molecule has 0 aliphatic carbocycles. The molecular weight excluding hydrogens is 886 g/mol. The minimum atomic E-state index is -0.194. The van der Waals surface area contributed by atoms with E-state index in [9.17, 15) is 0 Å². The van der Waals surface area contributed by atoms with Crippen LogP contribution in [0.3, 0.4) is 0 Å². The van der Waals surface area contributed by atoms with Crippen molar-refractivity contribution in [3.05, 3.63) is 179 Å². The Morgan fingerprint density at radius 1 is 0.438 bits per heavy atom. The van der Waals surface area contributed by atoms with Crippen LogP contribution in [0.25, 0.3) is 60.6 Å². The first-order valence-corrected chi connectivity index (χ1v) is 26.5. The first kappa shape index (κ1) is 47.1. The number of furan rings is 1. The Hall–Kier alpha value is -6.98. The summed E-state index contributed by atoms with van der Waals surface area (Å²) in [5, 5.41) is 4.86. The molecule has 0 fully saturated rings. The third kappa shape index (κ3) is 7.38. The van der Waals surface area contributed by atoms with Gasteiger partial charge in [0.15, 0.2) is 0 Å². The highest BCUT2D eigenvalue weighted by atomic mass is 16.3. The van der Waals surface area contributed by atoms with Crippen molar-refractivity contribution >= 4 is 90.0 Å². The van der Waals surface area contributed by atoms with Gasteiger partial charge in [-0.2, -0.15) is 0 Å². The van der Waals surface area contributed by atoms with Gasteiger partial charge in [0.2, 0.25) is 0 Å². The van der Waals surface area contributed by atoms with Gasteiger partial charge in [0.25, 0.3) is 0 Å². The van der Waals surface area contributed by atoms with E-state index in [0.29, 0.717) is 0 Å². The first-order chi connectivity index (χ1) is 34.4. The average molecular weight is 956 g/mol. The molecule has 0 bridgehead atoms. The first-order valence-electron chi connectivity index (χ1n) is 26.5. The van der Waals surface area contributed by atoms with E-state index in [-0.39, 0.29) is 33.9 Å². The molecule has 4 heterocycles. The Balaban J connectivity index is 1.24. The van der Waals surface area contributed by atoms with E-state index in [4.69, 9.17) is 4.42 Å². The summed E-state index contributed by atoms with van der Waals surface area (Å²) in [5.74, 6) is 0. The molecule has 4 nitrogen and oxygen atoms in total. The van der Waals surface area contributed by atoms with Crippen LogP contribution in [0.1, 0.15) is 132 Å². The van der Waals surface area contributed by atoms with Crippen molar-refractivity contribution in [1.29, 1.82) is 0 Å². The summed E-state index contributed by atoms with van der Waals surface area (Å²) in [5.41, 5.74) is 22.6. The molecule has 0 unspecified atom stereocenters. The van der Waals surface area contributed by atoms with Crippen molar-refractivity contribution in [2.24, 2.45) is 0 Å². The Morgan fingerprint density at radius 2 is 0.945 bits per heavy atom. The molecule has 0 radical (unpaired) electrons. The lowest BCUT2D eigenvalue weighted by molar-refractivity contribution is 0.590. The molecule has 2 aliphatic heterocycles. The predicted molar refractivity (Wildman–Crippen MR) is 315 cm³/mol. The number of hydrogen-bond donors (Lipinski definition) is 0. The zero-order valence-electron chi connectivity index (χ0n) is 45.8. The van der Waals surface area contributed by atoms with Crippen molar-refractivity contribution in [1.82, 2.24) is 4.57 Å². The van der Waals surface area contributed by atoms with Crippen LogP contribution in [0, 0.1) is 0 Å². The van der Waals surface area contributed by atoms with Crippen LogP contribution in [0.2, 0.25) is 0 Å². The Morgan fingerprint density at radius 3 is 1.52 bits per heavy atom. The second kappa shape index (κ2) is 15.8. The largest absolute Gasteiger partial charge is 0.455 e. The zero-order chi connectivity index (χ0) is 51.5. The number of aromatic nitrogens is 1. The fourth-order valence-electron chi connectivity index (χ4n) is 11.9. The van der Waals surface area contributed by atoms with Gasteiger partial charge < -0.3 is 18.7 Å². The molecule has 5 heteroatoms. The summed E-state index contributed by atoms with van der Waals surface area (Å²) < 4.78 is 9.97. The summed E-state index contributed by atoms with van der Waals surface area (Å²) in [4.78, 5) is 5.13. The molecule has 2 aliphatic rings. The smallest absolute Gasteiger partial charge is 0.333 e. The molecule has 73 heavy (non-hydrogen) atoms. The Labute approximate surface area is 433 Å². The molecule has 8 aromatic carbocycles. The van der Waals surface area contributed by atoms with E-state index in [2.05, 4.69) is 270 Å². The molecule has 0 atom stereocenters. The van der Waals surface area contributed by atoms with E-state index < -0.39 is 0 Å². The van der Waals surface area contributed by atoms with Gasteiger partial charge in [0.1, 0.15) is 11.2 Å². The summed E-state index contributed by atoms with van der Waals surface area (Å²) in [6, 6.07) is 58.4. The van der Waals surface area contributed by atoms with Gasteiger partial charge in [-0.25, -0.2) is 0 Å². The third-order valence-electron chi connectivity index (χ3n) is 16.2. The predicted octanol–water partition coefficient (Wildman–Crippen LogP) is 17.9. The van der Waals surface area contributed by atoms with Crippen LogP contribution < -0.4 is 20.6 Å². The van der Waals surface area contributed by atoms with Gasteiger partial charge in [-0.1, -0.05) is 183 Å². The quantitative estimate of drug-likeness (QED) is 0.164. The number of hydrogen-bond acceptors (Lipinski definition) is 3. The molecule has 0 N–H and O–H groups in total. The number of rotatable bonds is 4. The van der Waals surface area contributed by atoms with E-state index in [0.717, 1.165) is 50.6 Å². The van der Waals surface area contributed by atoms with Gasteiger partial charge in [-0.05, 0) is 139 Å². The van der Waals surface area contributed by atoms with Gasteiger partial charge in [0, 0.05) is 66.8 Å². The van der Waals surface area contributed by atoms with Gasteiger partial charge in [-0.15, -0.1) is 0 Å². The normalized spacial score (nSPS) is 13.9. The SMILES string of the molecule is CC(C)(C)c1ccc(N2B3c4cc(C(C)(C)C)ccc4-n4c5ccc(C(C)(C)C)cc5c5c6c(oc7ccccc76)c(c3c54)-c3ccc(N(c4ccc(C(C)(C)C)cc4)c4ccc(C(C)(C)C)cc4)cc32)cc1. The summed E-state index contributed by atoms with van der Waals surface area (Å²) in [6.45, 7) is 34.5. The van der Waals surface area contributed by atoms with Crippen LogP contribution in [-0.4, -0.2) is 11.4 Å². The molecule has 366 valence electrons. The molecule has 0 amide bonds. The van der Waals surface area contributed by atoms with Crippen LogP contribution in [0.4, 0.5) is 28.4 Å². The summed E-state index contributed by atoms with van der Waals surface area (Å²) in [6.07, 6.45) is 0. The van der Waals surface area contributed by atoms with Gasteiger partial charge in [0.05, 0.1) is 11.0 Å². The maximum atomic E-state index is 7.36. The van der Waals surface area contributed by atoms with Crippen LogP contribution in [-0.2, 0) is 27.1 Å². The number of para-hydroxylation sites is 1. The van der Waals surface area contributed by atoms with Crippen molar-refractivity contribution in [3.8, 4) is 16.8 Å². The minimum absolute atomic E-state index is 0.00532. The van der Waals surface area contributed by atoms with Crippen molar-refractivity contribution in [2.75, 3.05) is 9.71 Å². The molecule has 0 saturated heterocycles. The molecule has 10 aromatic rings. The van der Waals surface area contributed by atoms with E-state index in [1.807, 2.05) is 0 Å². The highest BCUT2D eigenvalue weighted by Crippen LogP contribution is 2.53. The van der Waals surface area contributed by atoms with Crippen molar-refractivity contribution < 1.29 is 4.42 Å². The second-order valence-electron chi connectivity index (χ2n) is 26.4. The lowest BCUT2D eigenvalue weighted by atomic mass is 9.43. The number of benzene rings is 8. The lowest BCUT2D eigenvalue weighted by Crippen LogP contribution is -2.60. The molecule has 2 aromatic heterocycles. The lowest BCUT2D eigenvalue weighted by Gasteiger charge is -2.43. The Kier molecular flexibility index (Phi) is 10.2. The monoisotopic (exact) mass is 956 g/mol. The Bertz CT molecular complexity index is 3790. The minimum Gasteiger partial charge on any atom is -0.455 e. The fourth-order valence-corrected chi connectivity index (χ4v) is 11.9. The molecule has 0 saturated carbocycles. The van der Waals surface area contributed by atoms with Crippen LogP contribution >= 0.6 is 0 Å². The van der Waals surface area contributed by atoms with E-state index in [1.165, 1.54) is 77.2 Å². The van der Waals surface area contributed by atoms with E-state index >= 15 is 0 Å². The van der Waals surface area contributed by atoms with Gasteiger partial charge in [-0.3, -0.25) is 0 Å². The standard InChI is InChI=1S/C68H70BN3O/c1-64(2,3)41-20-28-46(29-21-41)70(47-30-22-42(23-31-47)65(4,5)6)49-34-35-50-56(40-49)72(48-32-24-43(25-33-48)66(7,8)9)69-53-39-45(68(13,14)15)27-37-55(53)71-54-36-26-44(67(10,11)12)38-52(54)58-59-51-18-16-17-19-57(51)73-63(59)60(50)61(69)62(58)71/h16-40H,1-15H3. The highest BCUT2D eigenvalue weighted by molar-refractivity contribution is 6.94. The number of nitrogens with zero attached hydrogens (tertiary/aromatic N) is 3. The van der Waals surface area contributed by atoms with Gasteiger partial charge >= 0.3 is 6.85 Å². The van der Waals surface area contributed by atoms with Crippen LogP contribution in [0.5, 0.6) is 0 Å². The topological polar surface area (TPSA) is 24.6 Å². The maximum absolute atomic E-state index is 7.36. The van der Waals surface area contributed by atoms with E-state index in [1.54, 1.807) is 0 Å². The summed E-state index contributed by atoms with van der Waals surface area (Å²) in [7, 11) is 0. The summed E-state index contributed by atoms with van der Waals surface area (Å²) >= 11 is 0. The third-order valence-corrected chi connectivity index (χ3v) is 16.2. The second-order valence-corrected chi connectivity index (χ2v) is 26.4. The van der Waals surface area contributed by atoms with Crippen molar-refractivity contribution in [2.45, 2.75) is 131 Å². The zero-order valence-corrected chi connectivity index (χ0v) is 45.8. The van der Waals surface area contributed by atoms with Crippen LogP contribution in [0.15, 0.2) is 156 Å². The highest BCUT2D eigenvalue weighted by Gasteiger charge is 2.47. The molecule has 0 spiro atoms. The average Bonchev–Trinajstić information content (AvgIpc) is 3.93. The number of anilines is 5. The molecular formula is C68H70BN3O. The number of fused-ring (bicyclic) bond motifs is 13. The van der Waals surface area contributed by atoms with Crippen molar-refractivity contribution in [3.63, 3.8) is 0 Å². The fraction of sp³-hybridized carbons (Fsp3) is 0.294.